The summed E-state index contributed by atoms with van der Waals surface area (Å²) in [6.07, 6.45) is 1.83. The summed E-state index contributed by atoms with van der Waals surface area (Å²) in [5.74, 6) is 6.13. The average Bonchev–Trinajstić information content (AvgIpc) is 2.51. The van der Waals surface area contributed by atoms with E-state index in [1.54, 1.807) is 12.1 Å². The summed E-state index contributed by atoms with van der Waals surface area (Å²) in [4.78, 5) is 14.7. The van der Waals surface area contributed by atoms with Crippen molar-refractivity contribution in [2.75, 3.05) is 0 Å². The number of hydrogen-bond donors (Lipinski definition) is 0. The van der Waals surface area contributed by atoms with Gasteiger partial charge in [-0.2, -0.15) is 0 Å². The van der Waals surface area contributed by atoms with Gasteiger partial charge in [-0.15, -0.1) is 0 Å². The Balaban J connectivity index is 2.28. The van der Waals surface area contributed by atoms with Gasteiger partial charge >= 0.3 is 0 Å². The fourth-order valence-electron chi connectivity index (χ4n) is 1.79. The monoisotopic (exact) mass is 306 g/mol. The second-order valence-electron chi connectivity index (χ2n) is 6.07. The maximum absolute atomic E-state index is 10.6. The van der Waals surface area contributed by atoms with Crippen LogP contribution in [0.5, 0.6) is 0 Å². The minimum atomic E-state index is -0.421. The highest BCUT2D eigenvalue weighted by Gasteiger charge is 2.06. The number of nitro benzene ring substituents is 1. The molecule has 116 valence electrons. The molecule has 0 spiro atoms. The van der Waals surface area contributed by atoms with Crippen LogP contribution in [0.1, 0.15) is 37.5 Å². The first-order valence-corrected chi connectivity index (χ1v) is 7.26. The number of nitro groups is 1. The van der Waals surface area contributed by atoms with Crippen LogP contribution in [0.2, 0.25) is 0 Å². The normalized spacial score (nSPS) is 11.1. The van der Waals surface area contributed by atoms with Crippen molar-refractivity contribution in [1.29, 1.82) is 0 Å². The molecule has 4 nitrogen and oxygen atoms in total. The predicted octanol–water partition coefficient (Wildman–Crippen LogP) is 4.21. The molecule has 0 unspecified atom stereocenters. The fourth-order valence-corrected chi connectivity index (χ4v) is 1.79. The van der Waals surface area contributed by atoms with Crippen molar-refractivity contribution in [3.8, 4) is 11.8 Å². The van der Waals surface area contributed by atoms with Crippen LogP contribution in [-0.4, -0.2) is 16.7 Å². The van der Waals surface area contributed by atoms with Crippen molar-refractivity contribution in [2.45, 2.75) is 26.3 Å². The first-order chi connectivity index (χ1) is 10.8. The maximum Gasteiger partial charge on any atom is 0.269 e. The maximum atomic E-state index is 10.6. The Morgan fingerprint density at radius 3 is 2.30 bits per heavy atom. The Hall–Kier alpha value is -2.93. The van der Waals surface area contributed by atoms with Gasteiger partial charge in [-0.1, -0.05) is 30.0 Å². The summed E-state index contributed by atoms with van der Waals surface area (Å²) in [6, 6.07) is 14.0. The molecule has 0 aliphatic rings. The van der Waals surface area contributed by atoms with Gasteiger partial charge in [0.15, 0.2) is 0 Å². The van der Waals surface area contributed by atoms with Crippen LogP contribution in [0, 0.1) is 22.0 Å². The summed E-state index contributed by atoms with van der Waals surface area (Å²) in [7, 11) is 0. The van der Waals surface area contributed by atoms with Crippen LogP contribution in [-0.2, 0) is 0 Å². The summed E-state index contributed by atoms with van der Waals surface area (Å²) in [5, 5.41) is 10.6. The van der Waals surface area contributed by atoms with Gasteiger partial charge in [0, 0.05) is 35.0 Å². The lowest BCUT2D eigenvalue weighted by Crippen LogP contribution is -2.09. The molecule has 4 heteroatoms. The van der Waals surface area contributed by atoms with Gasteiger partial charge in [0.05, 0.1) is 10.5 Å². The largest absolute Gasteiger partial charge is 0.287 e. The second-order valence-corrected chi connectivity index (χ2v) is 6.07. The molecular formula is C19H18N2O2. The van der Waals surface area contributed by atoms with E-state index < -0.39 is 4.92 Å². The highest BCUT2D eigenvalue weighted by atomic mass is 16.6. The molecule has 0 aliphatic heterocycles. The standard InChI is InChI=1S/C19H18N2O2/c1-19(2,3)20-14-17-7-5-4-6-16(17)11-8-15-9-12-18(13-10-15)21(22)23/h4-7,9-10,12-14H,1-3H3. The van der Waals surface area contributed by atoms with Gasteiger partial charge in [-0.25, -0.2) is 0 Å². The molecule has 0 amide bonds. The molecular weight excluding hydrogens is 288 g/mol. The van der Waals surface area contributed by atoms with E-state index in [1.807, 2.05) is 51.3 Å². The third kappa shape index (κ3) is 5.08. The second kappa shape index (κ2) is 6.89. The van der Waals surface area contributed by atoms with Gasteiger partial charge in [-0.3, -0.25) is 15.1 Å². The molecule has 0 heterocycles. The molecule has 0 radical (unpaired) electrons. The zero-order chi connectivity index (χ0) is 16.9. The van der Waals surface area contributed by atoms with Crippen molar-refractivity contribution >= 4 is 11.9 Å². The van der Waals surface area contributed by atoms with Gasteiger partial charge in [0.25, 0.3) is 5.69 Å². The molecule has 0 saturated carbocycles. The summed E-state index contributed by atoms with van der Waals surface area (Å²) in [6.45, 7) is 6.11. The van der Waals surface area contributed by atoms with Crippen molar-refractivity contribution < 1.29 is 4.92 Å². The average molecular weight is 306 g/mol. The zero-order valence-electron chi connectivity index (χ0n) is 13.4. The van der Waals surface area contributed by atoms with Crippen LogP contribution in [0.4, 0.5) is 5.69 Å². The number of rotatable bonds is 2. The van der Waals surface area contributed by atoms with E-state index >= 15 is 0 Å². The summed E-state index contributed by atoms with van der Waals surface area (Å²) >= 11 is 0. The number of benzene rings is 2. The molecule has 0 fully saturated rings. The molecule has 23 heavy (non-hydrogen) atoms. The van der Waals surface area contributed by atoms with Gasteiger partial charge in [0.1, 0.15) is 0 Å². The van der Waals surface area contributed by atoms with E-state index in [0.717, 1.165) is 16.7 Å². The quantitative estimate of drug-likeness (QED) is 0.361. The zero-order valence-corrected chi connectivity index (χ0v) is 13.4. The first kappa shape index (κ1) is 16.4. The van der Waals surface area contributed by atoms with Crippen LogP contribution in [0.25, 0.3) is 0 Å². The minimum absolute atomic E-state index is 0.0632. The SMILES string of the molecule is CC(C)(C)N=Cc1ccccc1C#Cc1ccc([N+](=O)[O-])cc1. The topological polar surface area (TPSA) is 55.5 Å². The van der Waals surface area contributed by atoms with E-state index in [2.05, 4.69) is 16.8 Å². The molecule has 0 N–H and O–H groups in total. The highest BCUT2D eigenvalue weighted by molar-refractivity contribution is 5.83. The van der Waals surface area contributed by atoms with E-state index in [4.69, 9.17) is 0 Å². The van der Waals surface area contributed by atoms with Gasteiger partial charge in [0.2, 0.25) is 0 Å². The molecule has 2 aromatic carbocycles. The lowest BCUT2D eigenvalue weighted by atomic mass is 10.1. The predicted molar refractivity (Wildman–Crippen MR) is 92.9 cm³/mol. The number of hydrogen-bond acceptors (Lipinski definition) is 3. The first-order valence-electron chi connectivity index (χ1n) is 7.26. The lowest BCUT2D eigenvalue weighted by molar-refractivity contribution is -0.384. The van der Waals surface area contributed by atoms with Crippen LogP contribution in [0.15, 0.2) is 53.5 Å². The molecule has 2 rings (SSSR count). The van der Waals surface area contributed by atoms with E-state index in [1.165, 1.54) is 12.1 Å². The van der Waals surface area contributed by atoms with Crippen molar-refractivity contribution in [3.63, 3.8) is 0 Å². The molecule has 0 atom stereocenters. The molecule has 0 bridgehead atoms. The highest BCUT2D eigenvalue weighted by Crippen LogP contribution is 2.12. The van der Waals surface area contributed by atoms with E-state index in [-0.39, 0.29) is 11.2 Å². The summed E-state index contributed by atoms with van der Waals surface area (Å²) in [5.41, 5.74) is 2.49. The Bertz CT molecular complexity index is 789. The Kier molecular flexibility index (Phi) is 4.92. The molecule has 2 aromatic rings. The Labute approximate surface area is 136 Å². The third-order valence-corrected chi connectivity index (χ3v) is 2.97. The number of nitrogens with zero attached hydrogens (tertiary/aromatic N) is 2. The number of aliphatic imine (C=N–C) groups is 1. The van der Waals surface area contributed by atoms with Crippen LogP contribution >= 0.6 is 0 Å². The molecule has 0 saturated heterocycles. The van der Waals surface area contributed by atoms with Crippen molar-refractivity contribution in [3.05, 3.63) is 75.3 Å². The van der Waals surface area contributed by atoms with Gasteiger partial charge < -0.3 is 0 Å². The van der Waals surface area contributed by atoms with Gasteiger partial charge in [-0.05, 0) is 39.0 Å². The molecule has 0 aromatic heterocycles. The number of non-ortho nitro benzene ring substituents is 1. The van der Waals surface area contributed by atoms with Crippen molar-refractivity contribution in [1.82, 2.24) is 0 Å². The fraction of sp³-hybridized carbons (Fsp3) is 0.211. The van der Waals surface area contributed by atoms with E-state index in [9.17, 15) is 10.1 Å². The van der Waals surface area contributed by atoms with Crippen LogP contribution in [0.3, 0.4) is 0 Å². The smallest absolute Gasteiger partial charge is 0.269 e. The summed E-state index contributed by atoms with van der Waals surface area (Å²) < 4.78 is 0. The van der Waals surface area contributed by atoms with Crippen molar-refractivity contribution in [2.24, 2.45) is 4.99 Å². The Morgan fingerprint density at radius 2 is 1.70 bits per heavy atom. The third-order valence-electron chi connectivity index (χ3n) is 2.97. The Morgan fingerprint density at radius 1 is 1.04 bits per heavy atom. The molecule has 0 aliphatic carbocycles. The lowest BCUT2D eigenvalue weighted by Gasteiger charge is -2.11. The van der Waals surface area contributed by atoms with Crippen LogP contribution < -0.4 is 0 Å². The van der Waals surface area contributed by atoms with E-state index in [0.29, 0.717) is 0 Å². The minimum Gasteiger partial charge on any atom is -0.287 e.